The first-order chi connectivity index (χ1) is 11.5. The fraction of sp³-hybridized carbons (Fsp3) is 0.188. The highest BCUT2D eigenvalue weighted by Crippen LogP contribution is 2.38. The molecular weight excluding hydrogens is 354 g/mol. The monoisotopic (exact) mass is 364 g/mol. The molecule has 0 spiro atoms. The summed E-state index contributed by atoms with van der Waals surface area (Å²) < 4.78 is 81.3. The summed E-state index contributed by atoms with van der Waals surface area (Å²) in [6.07, 6.45) is -9.26. The molecule has 0 radical (unpaired) electrons. The van der Waals surface area contributed by atoms with Crippen molar-refractivity contribution < 1.29 is 41.0 Å². The number of ether oxygens (including phenoxy) is 1. The maximum Gasteiger partial charge on any atom is 0.416 e. The summed E-state index contributed by atoms with van der Waals surface area (Å²) in [7, 11) is 0. The van der Waals surface area contributed by atoms with Gasteiger partial charge in [-0.2, -0.15) is 26.3 Å². The normalized spacial score (nSPS) is 12.1. The van der Waals surface area contributed by atoms with Gasteiger partial charge < -0.3 is 9.84 Å². The lowest BCUT2D eigenvalue weighted by molar-refractivity contribution is -0.140. The van der Waals surface area contributed by atoms with Crippen LogP contribution in [0.5, 0.6) is 5.75 Å². The SMILES string of the molecule is O=C(O)COc1ccc(C(F)(F)F)cc1-c1ccc(C(F)(F)F)cc1. The molecule has 1 N–H and O–H groups in total. The molecule has 0 fully saturated rings. The highest BCUT2D eigenvalue weighted by atomic mass is 19.4. The van der Waals surface area contributed by atoms with E-state index in [-0.39, 0.29) is 16.9 Å². The van der Waals surface area contributed by atoms with E-state index in [0.717, 1.165) is 30.3 Å². The number of halogens is 6. The molecule has 9 heteroatoms. The van der Waals surface area contributed by atoms with Gasteiger partial charge in [-0.05, 0) is 35.9 Å². The lowest BCUT2D eigenvalue weighted by atomic mass is 10.00. The second-order valence-corrected chi connectivity index (χ2v) is 4.97. The minimum Gasteiger partial charge on any atom is -0.481 e. The third-order valence-corrected chi connectivity index (χ3v) is 3.18. The minimum absolute atomic E-state index is 0.0273. The third kappa shape index (κ3) is 4.65. The van der Waals surface area contributed by atoms with Crippen molar-refractivity contribution in [3.63, 3.8) is 0 Å². The molecule has 0 heterocycles. The van der Waals surface area contributed by atoms with Crippen molar-refractivity contribution in [1.29, 1.82) is 0 Å². The third-order valence-electron chi connectivity index (χ3n) is 3.18. The summed E-state index contributed by atoms with van der Waals surface area (Å²) >= 11 is 0. The Bertz CT molecular complexity index is 763. The van der Waals surface area contributed by atoms with Gasteiger partial charge in [0.25, 0.3) is 0 Å². The Morgan fingerprint density at radius 2 is 1.40 bits per heavy atom. The van der Waals surface area contributed by atoms with Gasteiger partial charge in [-0.1, -0.05) is 12.1 Å². The number of aliphatic carboxylic acids is 1. The van der Waals surface area contributed by atoms with Crippen molar-refractivity contribution in [3.05, 3.63) is 53.6 Å². The molecular formula is C16H10F6O3. The van der Waals surface area contributed by atoms with Crippen LogP contribution in [0.3, 0.4) is 0 Å². The van der Waals surface area contributed by atoms with Crippen LogP contribution in [0.4, 0.5) is 26.3 Å². The van der Waals surface area contributed by atoms with Crippen LogP contribution in [-0.4, -0.2) is 17.7 Å². The number of hydrogen-bond acceptors (Lipinski definition) is 2. The molecule has 0 bridgehead atoms. The van der Waals surface area contributed by atoms with E-state index in [4.69, 9.17) is 9.84 Å². The summed E-state index contributed by atoms with van der Waals surface area (Å²) in [5, 5.41) is 8.62. The fourth-order valence-electron chi connectivity index (χ4n) is 2.04. The Morgan fingerprint density at radius 1 is 0.880 bits per heavy atom. The molecule has 0 aromatic heterocycles. The first-order valence-corrected chi connectivity index (χ1v) is 6.72. The highest BCUT2D eigenvalue weighted by Gasteiger charge is 2.32. The van der Waals surface area contributed by atoms with Crippen LogP contribution in [0.1, 0.15) is 11.1 Å². The average Bonchev–Trinajstić information content (AvgIpc) is 2.51. The van der Waals surface area contributed by atoms with Crippen molar-refractivity contribution in [2.75, 3.05) is 6.61 Å². The van der Waals surface area contributed by atoms with Crippen LogP contribution in [0.2, 0.25) is 0 Å². The fourth-order valence-corrected chi connectivity index (χ4v) is 2.04. The van der Waals surface area contributed by atoms with Crippen LogP contribution in [0, 0.1) is 0 Å². The second-order valence-electron chi connectivity index (χ2n) is 4.97. The Kier molecular flexibility index (Phi) is 4.96. The molecule has 2 aromatic rings. The number of carboxylic acid groups (broad SMARTS) is 1. The number of carboxylic acids is 1. The zero-order valence-corrected chi connectivity index (χ0v) is 12.3. The molecule has 0 saturated heterocycles. The predicted octanol–water partition coefficient (Wildman–Crippen LogP) is 4.85. The lowest BCUT2D eigenvalue weighted by Crippen LogP contribution is -2.11. The van der Waals surface area contributed by atoms with Gasteiger partial charge >= 0.3 is 18.3 Å². The topological polar surface area (TPSA) is 46.5 Å². The van der Waals surface area contributed by atoms with Crippen LogP contribution >= 0.6 is 0 Å². The number of rotatable bonds is 4. The number of carbonyl (C=O) groups is 1. The van der Waals surface area contributed by atoms with Gasteiger partial charge in [-0.3, -0.25) is 0 Å². The van der Waals surface area contributed by atoms with Crippen LogP contribution in [0.25, 0.3) is 11.1 Å². The molecule has 0 saturated carbocycles. The summed E-state index contributed by atoms with van der Waals surface area (Å²) in [6, 6.07) is 5.74. The van der Waals surface area contributed by atoms with E-state index in [1.54, 1.807) is 0 Å². The molecule has 0 aliphatic carbocycles. The molecule has 0 amide bonds. The first kappa shape index (κ1) is 18.6. The van der Waals surface area contributed by atoms with E-state index in [2.05, 4.69) is 0 Å². The van der Waals surface area contributed by atoms with Gasteiger partial charge in [-0.15, -0.1) is 0 Å². The van der Waals surface area contributed by atoms with Crippen molar-refractivity contribution >= 4 is 5.97 Å². The Labute approximate surface area is 137 Å². The second kappa shape index (κ2) is 6.66. The number of alkyl halides is 6. The molecule has 25 heavy (non-hydrogen) atoms. The largest absolute Gasteiger partial charge is 0.481 e. The van der Waals surface area contributed by atoms with Crippen molar-refractivity contribution in [2.24, 2.45) is 0 Å². The summed E-state index contributed by atoms with van der Waals surface area (Å²) in [5.74, 6) is -1.53. The summed E-state index contributed by atoms with van der Waals surface area (Å²) in [6.45, 7) is -0.807. The quantitative estimate of drug-likeness (QED) is 0.789. The molecule has 134 valence electrons. The van der Waals surface area contributed by atoms with Gasteiger partial charge in [0.15, 0.2) is 6.61 Å². The smallest absolute Gasteiger partial charge is 0.416 e. The maximum absolute atomic E-state index is 12.9. The van der Waals surface area contributed by atoms with Gasteiger partial charge in [0.05, 0.1) is 11.1 Å². The predicted molar refractivity (Wildman–Crippen MR) is 75.0 cm³/mol. The average molecular weight is 364 g/mol. The van der Waals surface area contributed by atoms with E-state index in [1.165, 1.54) is 0 Å². The first-order valence-electron chi connectivity index (χ1n) is 6.72. The van der Waals surface area contributed by atoms with E-state index in [0.29, 0.717) is 12.1 Å². The highest BCUT2D eigenvalue weighted by molar-refractivity contribution is 5.73. The molecule has 0 aliphatic rings. The molecule has 2 aromatic carbocycles. The van der Waals surface area contributed by atoms with Crippen LogP contribution in [0.15, 0.2) is 42.5 Å². The van der Waals surface area contributed by atoms with Gasteiger partial charge in [0.1, 0.15) is 5.75 Å². The van der Waals surface area contributed by atoms with Gasteiger partial charge in [0.2, 0.25) is 0 Å². The Balaban J connectivity index is 2.49. The van der Waals surface area contributed by atoms with Gasteiger partial charge in [-0.25, -0.2) is 4.79 Å². The van der Waals surface area contributed by atoms with Crippen molar-refractivity contribution in [2.45, 2.75) is 12.4 Å². The van der Waals surface area contributed by atoms with E-state index in [1.807, 2.05) is 0 Å². The van der Waals surface area contributed by atoms with E-state index in [9.17, 15) is 31.1 Å². The van der Waals surface area contributed by atoms with Crippen molar-refractivity contribution in [3.8, 4) is 16.9 Å². The lowest BCUT2D eigenvalue weighted by Gasteiger charge is -2.15. The minimum atomic E-state index is -4.67. The standard InChI is InChI=1S/C16H10F6O3/c17-15(18,19)10-3-1-9(2-4-10)12-7-11(16(20,21)22)5-6-13(12)25-8-14(23)24/h1-7H,8H2,(H,23,24). The zero-order chi connectivity index (χ0) is 18.8. The van der Waals surface area contributed by atoms with Crippen molar-refractivity contribution in [1.82, 2.24) is 0 Å². The van der Waals surface area contributed by atoms with E-state index < -0.39 is 36.1 Å². The van der Waals surface area contributed by atoms with E-state index >= 15 is 0 Å². The molecule has 0 aliphatic heterocycles. The van der Waals surface area contributed by atoms with Crippen LogP contribution < -0.4 is 4.74 Å². The molecule has 3 nitrogen and oxygen atoms in total. The maximum atomic E-state index is 12.9. The summed E-state index contributed by atoms with van der Waals surface area (Å²) in [4.78, 5) is 10.6. The Morgan fingerprint density at radius 3 is 1.88 bits per heavy atom. The number of hydrogen-bond donors (Lipinski definition) is 1. The summed E-state index contributed by atoms with van der Waals surface area (Å²) in [5.41, 5.74) is -2.13. The number of benzene rings is 2. The zero-order valence-electron chi connectivity index (χ0n) is 12.3. The van der Waals surface area contributed by atoms with Crippen LogP contribution in [-0.2, 0) is 17.1 Å². The molecule has 2 rings (SSSR count). The van der Waals surface area contributed by atoms with Gasteiger partial charge in [0, 0.05) is 5.56 Å². The molecule has 0 atom stereocenters. The Hall–Kier alpha value is -2.71. The molecule has 0 unspecified atom stereocenters.